The lowest BCUT2D eigenvalue weighted by atomic mass is 10.1. The van der Waals surface area contributed by atoms with Crippen molar-refractivity contribution in [1.82, 2.24) is 10.6 Å². The Morgan fingerprint density at radius 1 is 0.893 bits per heavy atom. The molecule has 0 saturated carbocycles. The molecule has 0 spiro atoms. The summed E-state index contributed by atoms with van der Waals surface area (Å²) < 4.78 is 5.65. The fourth-order valence-corrected chi connectivity index (χ4v) is 3.26. The highest BCUT2D eigenvalue weighted by Gasteiger charge is 2.22. The van der Waals surface area contributed by atoms with Gasteiger partial charge in [-0.25, -0.2) is 4.79 Å². The van der Waals surface area contributed by atoms with Gasteiger partial charge in [0.2, 0.25) is 0 Å². The first-order valence-electron chi connectivity index (χ1n) is 10.8. The molecule has 0 aliphatic rings. The molecule has 0 heterocycles. The van der Waals surface area contributed by atoms with Crippen LogP contribution in [0.1, 0.15) is 70.6 Å². The van der Waals surface area contributed by atoms with Crippen molar-refractivity contribution in [2.45, 2.75) is 76.7 Å². The van der Waals surface area contributed by atoms with Gasteiger partial charge in [-0.15, -0.1) is 0 Å². The molecule has 0 rings (SSSR count). The Labute approximate surface area is 171 Å². The lowest BCUT2D eigenvalue weighted by Crippen LogP contribution is -2.52. The minimum Gasteiger partial charge on any atom is -0.481 e. The molecule has 0 fully saturated rings. The van der Waals surface area contributed by atoms with Crippen LogP contribution in [0, 0.1) is 0 Å². The normalized spacial score (nSPS) is 12.6. The maximum Gasteiger partial charge on any atom is 0.315 e. The van der Waals surface area contributed by atoms with Crippen molar-refractivity contribution in [3.63, 3.8) is 0 Å². The summed E-state index contributed by atoms with van der Waals surface area (Å²) in [6.45, 7) is 2.09. The number of nitrogens with zero attached hydrogens (tertiary/aromatic N) is 1. The molecule has 0 aromatic heterocycles. The Morgan fingerprint density at radius 3 is 1.86 bits per heavy atom. The zero-order valence-electron chi connectivity index (χ0n) is 18.6. The molecule has 3 N–H and O–H groups in total. The van der Waals surface area contributed by atoms with E-state index in [1.165, 1.54) is 51.4 Å². The number of hydrogen-bond acceptors (Lipinski definition) is 3. The topological polar surface area (TPSA) is 87.7 Å². The number of likely N-dealkylation sites (N-methyl/N-ethyl adjacent to an activating group) is 1. The lowest BCUT2D eigenvalue weighted by molar-refractivity contribution is -0.871. The Balaban J connectivity index is 3.63. The number of amides is 2. The molecule has 0 aliphatic carbocycles. The summed E-state index contributed by atoms with van der Waals surface area (Å²) in [6.07, 6.45) is 12.1. The van der Waals surface area contributed by atoms with E-state index in [1.54, 1.807) is 7.11 Å². The molecule has 0 aromatic rings. The van der Waals surface area contributed by atoms with Gasteiger partial charge in [-0.05, 0) is 12.8 Å². The van der Waals surface area contributed by atoms with Crippen molar-refractivity contribution >= 4 is 12.0 Å². The first-order chi connectivity index (χ1) is 13.2. The Bertz CT molecular complexity index is 411. The number of ether oxygens (including phenoxy) is 1. The number of carbonyl (C=O) groups excluding carboxylic acids is 1. The number of methoxy groups -OCH3 is 1. The maximum absolute atomic E-state index is 12.0. The van der Waals surface area contributed by atoms with Crippen LogP contribution in [0.4, 0.5) is 4.79 Å². The number of aliphatic carboxylic acids is 1. The van der Waals surface area contributed by atoms with Crippen LogP contribution in [0.25, 0.3) is 0 Å². The van der Waals surface area contributed by atoms with Crippen LogP contribution in [0.15, 0.2) is 0 Å². The molecule has 0 aliphatic heterocycles. The van der Waals surface area contributed by atoms with Crippen LogP contribution in [0.2, 0.25) is 0 Å². The SMILES string of the molecule is COCCCCCCCCCCCCNC(=O)N[C@H](CC(=O)O)C[N+](C)(C)C. The highest BCUT2D eigenvalue weighted by Crippen LogP contribution is 2.10. The monoisotopic (exact) mass is 402 g/mol. The molecular weight excluding hydrogens is 358 g/mol. The van der Waals surface area contributed by atoms with E-state index in [0.29, 0.717) is 17.6 Å². The number of unbranched alkanes of at least 4 members (excludes halogenated alkanes) is 9. The molecule has 0 saturated heterocycles. The number of rotatable bonds is 18. The predicted molar refractivity (Wildman–Crippen MR) is 114 cm³/mol. The van der Waals surface area contributed by atoms with E-state index in [1.807, 2.05) is 21.1 Å². The van der Waals surface area contributed by atoms with E-state index in [0.717, 1.165) is 19.4 Å². The second-order valence-electron chi connectivity index (χ2n) is 8.70. The van der Waals surface area contributed by atoms with Gasteiger partial charge in [0.15, 0.2) is 0 Å². The third-order valence-corrected chi connectivity index (χ3v) is 4.59. The van der Waals surface area contributed by atoms with Crippen molar-refractivity contribution in [3.05, 3.63) is 0 Å². The van der Waals surface area contributed by atoms with Crippen LogP contribution in [-0.2, 0) is 9.53 Å². The fourth-order valence-electron chi connectivity index (χ4n) is 3.26. The lowest BCUT2D eigenvalue weighted by Gasteiger charge is -2.29. The molecular formula is C21H44N3O4+. The van der Waals surface area contributed by atoms with Gasteiger partial charge in [0.1, 0.15) is 0 Å². The van der Waals surface area contributed by atoms with E-state index in [-0.39, 0.29) is 18.5 Å². The second-order valence-corrected chi connectivity index (χ2v) is 8.70. The summed E-state index contributed by atoms with van der Waals surface area (Å²) in [5.74, 6) is -0.895. The van der Waals surface area contributed by atoms with Crippen LogP contribution < -0.4 is 10.6 Å². The van der Waals surface area contributed by atoms with Crippen LogP contribution in [0.5, 0.6) is 0 Å². The van der Waals surface area contributed by atoms with Gasteiger partial charge in [0.05, 0.1) is 40.2 Å². The average molecular weight is 403 g/mol. The zero-order chi connectivity index (χ0) is 21.3. The third kappa shape index (κ3) is 19.4. The predicted octanol–water partition coefficient (Wildman–Crippen LogP) is 3.38. The van der Waals surface area contributed by atoms with Crippen molar-refractivity contribution < 1.29 is 23.9 Å². The third-order valence-electron chi connectivity index (χ3n) is 4.59. The van der Waals surface area contributed by atoms with Crippen LogP contribution >= 0.6 is 0 Å². The molecule has 1 atom stereocenters. The van der Waals surface area contributed by atoms with Crippen molar-refractivity contribution in [3.8, 4) is 0 Å². The largest absolute Gasteiger partial charge is 0.481 e. The molecule has 2 amide bonds. The summed E-state index contributed by atoms with van der Waals surface area (Å²) in [6, 6.07) is -0.639. The maximum atomic E-state index is 12.0. The van der Waals surface area contributed by atoms with Gasteiger partial charge in [0.25, 0.3) is 0 Å². The van der Waals surface area contributed by atoms with Gasteiger partial charge in [0, 0.05) is 20.3 Å². The van der Waals surface area contributed by atoms with Crippen LogP contribution in [-0.4, -0.2) is 75.6 Å². The number of urea groups is 1. The molecule has 7 nitrogen and oxygen atoms in total. The highest BCUT2D eigenvalue weighted by atomic mass is 16.5. The van der Waals surface area contributed by atoms with E-state index < -0.39 is 5.97 Å². The summed E-state index contributed by atoms with van der Waals surface area (Å²) in [5.41, 5.74) is 0. The standard InChI is InChI=1S/C21H43N3O4/c1-24(2,3)18-19(17-20(25)26)23-21(27)22-15-13-11-9-7-5-6-8-10-12-14-16-28-4/h19H,5-18H2,1-4H3,(H2-,22,23,25,26,27)/p+1/t19-/m1/s1. The fraction of sp³-hybridized carbons (Fsp3) is 0.905. The number of carbonyl (C=O) groups is 2. The first kappa shape index (κ1) is 26.7. The second kappa shape index (κ2) is 16.6. The highest BCUT2D eigenvalue weighted by molar-refractivity contribution is 5.75. The number of hydrogen-bond donors (Lipinski definition) is 3. The van der Waals surface area contributed by atoms with Crippen molar-refractivity contribution in [2.24, 2.45) is 0 Å². The molecule has 0 bridgehead atoms. The molecule has 28 heavy (non-hydrogen) atoms. The first-order valence-corrected chi connectivity index (χ1v) is 10.8. The van der Waals surface area contributed by atoms with Crippen LogP contribution in [0.3, 0.4) is 0 Å². The molecule has 0 aromatic carbocycles. The number of quaternary nitrogens is 1. The Hall–Kier alpha value is -1.34. The van der Waals surface area contributed by atoms with Crippen molar-refractivity contribution in [2.75, 3.05) is 47.9 Å². The van der Waals surface area contributed by atoms with E-state index in [4.69, 9.17) is 9.84 Å². The van der Waals surface area contributed by atoms with E-state index in [9.17, 15) is 9.59 Å². The smallest absolute Gasteiger partial charge is 0.315 e. The van der Waals surface area contributed by atoms with Crippen molar-refractivity contribution in [1.29, 1.82) is 0 Å². The van der Waals surface area contributed by atoms with E-state index in [2.05, 4.69) is 10.6 Å². The Morgan fingerprint density at radius 2 is 1.39 bits per heavy atom. The minimum absolute atomic E-state index is 0.0602. The molecule has 0 unspecified atom stereocenters. The average Bonchev–Trinajstić information content (AvgIpc) is 2.56. The summed E-state index contributed by atoms with van der Waals surface area (Å²) in [5, 5.41) is 14.7. The number of nitrogens with one attached hydrogen (secondary N) is 2. The summed E-state index contributed by atoms with van der Waals surface area (Å²) in [4.78, 5) is 23.0. The van der Waals surface area contributed by atoms with E-state index >= 15 is 0 Å². The van der Waals surface area contributed by atoms with Gasteiger partial charge in [-0.1, -0.05) is 51.4 Å². The van der Waals surface area contributed by atoms with Gasteiger partial charge >= 0.3 is 12.0 Å². The molecule has 166 valence electrons. The van der Waals surface area contributed by atoms with Gasteiger partial charge in [-0.2, -0.15) is 0 Å². The zero-order valence-corrected chi connectivity index (χ0v) is 18.6. The molecule has 7 heteroatoms. The minimum atomic E-state index is -0.895. The number of carboxylic acids is 1. The Kier molecular flexibility index (Phi) is 15.8. The molecule has 0 radical (unpaired) electrons. The summed E-state index contributed by atoms with van der Waals surface area (Å²) in [7, 11) is 7.70. The quantitative estimate of drug-likeness (QED) is 0.242. The van der Waals surface area contributed by atoms with Gasteiger partial charge in [-0.3, -0.25) is 4.79 Å². The summed E-state index contributed by atoms with van der Waals surface area (Å²) >= 11 is 0. The number of carboxylic acid groups (broad SMARTS) is 1. The van der Waals surface area contributed by atoms with Gasteiger partial charge < -0.3 is 25.0 Å².